The first-order valence-electron chi connectivity index (χ1n) is 13.1. The largest absolute Gasteiger partial charge is 0.391 e. The molecular weight excluding hydrogens is 537 g/mol. The van der Waals surface area contributed by atoms with Crippen LogP contribution in [0.3, 0.4) is 0 Å². The number of sulfonamides is 1. The molecule has 2 aliphatic heterocycles. The molecule has 0 unspecified atom stereocenters. The predicted octanol–water partition coefficient (Wildman–Crippen LogP) is 2.44. The van der Waals surface area contributed by atoms with Gasteiger partial charge in [-0.3, -0.25) is 4.79 Å². The second kappa shape index (κ2) is 10.5. The van der Waals surface area contributed by atoms with Crippen molar-refractivity contribution in [3.05, 3.63) is 83.6 Å². The lowest BCUT2D eigenvalue weighted by Gasteiger charge is -2.26. The van der Waals surface area contributed by atoms with Crippen LogP contribution < -0.4 is 14.5 Å². The molecule has 13 heteroatoms. The van der Waals surface area contributed by atoms with Crippen LogP contribution in [-0.4, -0.2) is 64.8 Å². The van der Waals surface area contributed by atoms with Crippen molar-refractivity contribution in [2.75, 3.05) is 29.4 Å². The number of β-amino-alcohol motifs (C(OH)–C–C–N with tert-alkyl or cyclic N) is 1. The third kappa shape index (κ3) is 5.34. The first-order chi connectivity index (χ1) is 19.3. The molecule has 208 valence electrons. The summed E-state index contributed by atoms with van der Waals surface area (Å²) in [4.78, 5) is 25.6. The van der Waals surface area contributed by atoms with E-state index in [0.717, 1.165) is 18.4 Å². The van der Waals surface area contributed by atoms with Gasteiger partial charge in [0.05, 0.1) is 24.1 Å². The van der Waals surface area contributed by atoms with Gasteiger partial charge in [-0.1, -0.05) is 18.2 Å². The Hall–Kier alpha value is -4.10. The number of rotatable bonds is 7. The summed E-state index contributed by atoms with van der Waals surface area (Å²) in [5.74, 6) is -0.359. The van der Waals surface area contributed by atoms with Gasteiger partial charge in [0.25, 0.3) is 5.91 Å². The second-order valence-corrected chi connectivity index (χ2v) is 11.8. The highest BCUT2D eigenvalue weighted by atomic mass is 32.2. The zero-order valence-electron chi connectivity index (χ0n) is 21.5. The van der Waals surface area contributed by atoms with E-state index in [0.29, 0.717) is 48.9 Å². The number of halogens is 1. The minimum absolute atomic E-state index is 0.0250. The Kier molecular flexibility index (Phi) is 6.84. The number of hydrogen-bond acceptors (Lipinski definition) is 9. The van der Waals surface area contributed by atoms with Crippen LogP contribution in [0.2, 0.25) is 0 Å². The van der Waals surface area contributed by atoms with E-state index in [2.05, 4.69) is 19.8 Å². The molecule has 0 aliphatic carbocycles. The number of aliphatic hydroxyl groups is 1. The Morgan fingerprint density at radius 1 is 1.05 bits per heavy atom. The highest BCUT2D eigenvalue weighted by molar-refractivity contribution is 7.89. The van der Waals surface area contributed by atoms with Crippen molar-refractivity contribution in [1.29, 1.82) is 0 Å². The number of hydrogen-bond donors (Lipinski definition) is 2. The fraction of sp³-hybridized carbons (Fsp3) is 0.333. The van der Waals surface area contributed by atoms with Gasteiger partial charge in [-0.05, 0) is 60.7 Å². The number of benzene rings is 1. The molecule has 2 atom stereocenters. The van der Waals surface area contributed by atoms with Crippen molar-refractivity contribution in [2.45, 2.75) is 37.2 Å². The Balaban J connectivity index is 1.18. The van der Waals surface area contributed by atoms with Gasteiger partial charge in [-0.15, -0.1) is 5.10 Å². The number of amides is 1. The van der Waals surface area contributed by atoms with Gasteiger partial charge in [-0.25, -0.2) is 32.0 Å². The van der Waals surface area contributed by atoms with Crippen LogP contribution in [0.4, 0.5) is 16.0 Å². The summed E-state index contributed by atoms with van der Waals surface area (Å²) in [6.45, 7) is 1.87. The number of carbonyl (C=O) groups excluding carboxylic acids is 1. The molecule has 4 aromatic rings. The van der Waals surface area contributed by atoms with Gasteiger partial charge in [0.1, 0.15) is 17.5 Å². The van der Waals surface area contributed by atoms with Crippen LogP contribution in [0.25, 0.3) is 5.65 Å². The van der Waals surface area contributed by atoms with E-state index in [4.69, 9.17) is 0 Å². The Bertz CT molecular complexity index is 1660. The molecular formula is C27H28FN7O4S. The monoisotopic (exact) mass is 565 g/mol. The topological polar surface area (TPSA) is 133 Å². The summed E-state index contributed by atoms with van der Waals surface area (Å²) >= 11 is 0. The molecule has 2 saturated heterocycles. The minimum atomic E-state index is -4.05. The number of fused-ring (bicyclic) bond motifs is 1. The number of carbonyl (C=O) groups is 1. The van der Waals surface area contributed by atoms with E-state index in [9.17, 15) is 22.7 Å². The number of nitrogens with zero attached hydrogens (tertiary/aromatic N) is 6. The molecule has 6 rings (SSSR count). The Morgan fingerprint density at radius 2 is 1.90 bits per heavy atom. The summed E-state index contributed by atoms with van der Waals surface area (Å²) in [6.07, 6.45) is 4.73. The number of nitrogens with one attached hydrogen (secondary N) is 1. The maximum absolute atomic E-state index is 13.9. The third-order valence-corrected chi connectivity index (χ3v) is 8.47. The van der Waals surface area contributed by atoms with Crippen LogP contribution in [-0.2, 0) is 15.8 Å². The normalized spacial score (nSPS) is 19.4. The SMILES string of the molecule is O=C(NS(=O)(=O)Cc1ccc(N2CC[C@@H](O)C2)nc1)c1cnc2ccc(N3CCC[C@@H]3c3cccc(F)c3)nn12. The molecule has 0 saturated carbocycles. The fourth-order valence-corrected chi connectivity index (χ4v) is 6.43. The van der Waals surface area contributed by atoms with Gasteiger partial charge >= 0.3 is 0 Å². The highest BCUT2D eigenvalue weighted by Crippen LogP contribution is 2.35. The molecule has 0 spiro atoms. The third-order valence-electron chi connectivity index (χ3n) is 7.26. The van der Waals surface area contributed by atoms with E-state index in [1.807, 2.05) is 15.9 Å². The van der Waals surface area contributed by atoms with E-state index in [1.54, 1.807) is 30.3 Å². The van der Waals surface area contributed by atoms with Gasteiger partial charge in [-0.2, -0.15) is 0 Å². The summed E-state index contributed by atoms with van der Waals surface area (Å²) < 4.78 is 43.0. The van der Waals surface area contributed by atoms with Gasteiger partial charge in [0.2, 0.25) is 10.0 Å². The van der Waals surface area contributed by atoms with Crippen molar-refractivity contribution in [3.8, 4) is 0 Å². The molecule has 5 heterocycles. The average Bonchev–Trinajstić information content (AvgIpc) is 3.68. The van der Waals surface area contributed by atoms with Crippen LogP contribution >= 0.6 is 0 Å². The molecule has 2 aliphatic rings. The van der Waals surface area contributed by atoms with Crippen LogP contribution in [0.1, 0.15) is 46.9 Å². The van der Waals surface area contributed by atoms with Crippen molar-refractivity contribution in [2.24, 2.45) is 0 Å². The van der Waals surface area contributed by atoms with Crippen LogP contribution in [0, 0.1) is 5.82 Å². The molecule has 0 bridgehead atoms. The van der Waals surface area contributed by atoms with E-state index < -0.39 is 27.8 Å². The number of pyridine rings is 1. The van der Waals surface area contributed by atoms with Gasteiger partial charge < -0.3 is 14.9 Å². The maximum atomic E-state index is 13.9. The summed E-state index contributed by atoms with van der Waals surface area (Å²) in [5, 5.41) is 14.3. The highest BCUT2D eigenvalue weighted by Gasteiger charge is 2.29. The van der Waals surface area contributed by atoms with Crippen LogP contribution in [0.5, 0.6) is 0 Å². The van der Waals surface area contributed by atoms with Gasteiger partial charge in [0.15, 0.2) is 11.3 Å². The lowest BCUT2D eigenvalue weighted by atomic mass is 10.0. The fourth-order valence-electron chi connectivity index (χ4n) is 5.36. The number of aliphatic hydroxyl groups excluding tert-OH is 1. The summed E-state index contributed by atoms with van der Waals surface area (Å²) in [7, 11) is -4.05. The van der Waals surface area contributed by atoms with E-state index >= 15 is 0 Å². The van der Waals surface area contributed by atoms with E-state index in [-0.39, 0.29) is 17.6 Å². The first kappa shape index (κ1) is 26.1. The van der Waals surface area contributed by atoms with Crippen molar-refractivity contribution < 1.29 is 22.7 Å². The lowest BCUT2D eigenvalue weighted by Crippen LogP contribution is -2.33. The number of imidazole rings is 1. The zero-order valence-corrected chi connectivity index (χ0v) is 22.3. The van der Waals surface area contributed by atoms with Crippen molar-refractivity contribution in [1.82, 2.24) is 24.3 Å². The molecule has 1 amide bonds. The molecule has 2 fully saturated rings. The second-order valence-electron chi connectivity index (χ2n) is 10.1. The molecule has 11 nitrogen and oxygen atoms in total. The maximum Gasteiger partial charge on any atom is 0.285 e. The summed E-state index contributed by atoms with van der Waals surface area (Å²) in [5.41, 5.74) is 1.62. The molecule has 1 aromatic carbocycles. The zero-order chi connectivity index (χ0) is 27.9. The molecule has 40 heavy (non-hydrogen) atoms. The smallest absolute Gasteiger partial charge is 0.285 e. The number of anilines is 2. The molecule has 0 radical (unpaired) electrons. The number of aromatic nitrogens is 4. The van der Waals surface area contributed by atoms with Gasteiger partial charge in [0, 0.05) is 25.8 Å². The Labute approximate surface area is 230 Å². The average molecular weight is 566 g/mol. The standard InChI is InChI=1S/C27H28FN7O4S/c28-20-4-1-3-19(13-20)22-5-2-11-34(22)26-9-8-25-30-15-23(35(25)31-26)27(37)32-40(38,39)17-18-6-7-24(29-14-18)33-12-10-21(36)16-33/h1,3-4,6-9,13-15,21-22,36H,2,5,10-12,16-17H2,(H,32,37)/t21-,22-/m1/s1. The predicted molar refractivity (Wildman–Crippen MR) is 146 cm³/mol. The van der Waals surface area contributed by atoms with E-state index in [1.165, 1.54) is 29.0 Å². The Morgan fingerprint density at radius 3 is 2.65 bits per heavy atom. The lowest BCUT2D eigenvalue weighted by molar-refractivity contribution is 0.0974. The van der Waals surface area contributed by atoms with Crippen molar-refractivity contribution in [3.63, 3.8) is 0 Å². The molecule has 3 aromatic heterocycles. The quantitative estimate of drug-likeness (QED) is 0.347. The molecule has 2 N–H and O–H groups in total. The van der Waals surface area contributed by atoms with Crippen molar-refractivity contribution >= 4 is 33.2 Å². The first-order valence-corrected chi connectivity index (χ1v) is 14.7. The van der Waals surface area contributed by atoms with Crippen LogP contribution in [0.15, 0.2) is 60.9 Å². The minimum Gasteiger partial charge on any atom is -0.391 e. The summed E-state index contributed by atoms with van der Waals surface area (Å²) in [6, 6.07) is 13.3.